The highest BCUT2D eigenvalue weighted by atomic mass is 15.1. The number of anilines is 1. The number of hydrogen-bond acceptors (Lipinski definition) is 3. The normalized spacial score (nSPS) is 11.3. The van der Waals surface area contributed by atoms with Gasteiger partial charge in [0.1, 0.15) is 17.2 Å². The number of hydrogen-bond donors (Lipinski definition) is 1. The average Bonchev–Trinajstić information content (AvgIpc) is 2.85. The highest BCUT2D eigenvalue weighted by molar-refractivity contribution is 5.86. The number of nitrogens with two attached hydrogens (primary N) is 1. The summed E-state index contributed by atoms with van der Waals surface area (Å²) in [5, 5.41) is 1.09. The fourth-order valence-corrected chi connectivity index (χ4v) is 2.72. The molecule has 0 aliphatic heterocycles. The minimum Gasteiger partial charge on any atom is -0.383 e. The molecule has 0 atom stereocenters. The third-order valence-electron chi connectivity index (χ3n) is 3.75. The predicted octanol–water partition coefficient (Wildman–Crippen LogP) is 3.44. The monoisotopic (exact) mass is 274 g/mol. The summed E-state index contributed by atoms with van der Waals surface area (Å²) >= 11 is 0. The molecule has 1 aromatic carbocycles. The highest BCUT2D eigenvalue weighted by Gasteiger charge is 2.12. The summed E-state index contributed by atoms with van der Waals surface area (Å²) in [6.07, 6.45) is 1.80. The Kier molecular flexibility index (Phi) is 2.44. The van der Waals surface area contributed by atoms with Gasteiger partial charge >= 0.3 is 0 Å². The molecule has 21 heavy (non-hydrogen) atoms. The molecule has 0 unspecified atom stereocenters. The van der Waals surface area contributed by atoms with Crippen LogP contribution in [-0.4, -0.2) is 14.4 Å². The number of nitrogens with zero attached hydrogens (tertiary/aromatic N) is 3. The third-order valence-corrected chi connectivity index (χ3v) is 3.75. The molecule has 3 heterocycles. The first kappa shape index (κ1) is 11.9. The number of aromatic nitrogens is 3. The zero-order chi connectivity index (χ0) is 14.4. The Bertz CT molecular complexity index is 969. The molecule has 0 spiro atoms. The van der Waals surface area contributed by atoms with Crippen LogP contribution in [-0.2, 0) is 0 Å². The van der Waals surface area contributed by atoms with Gasteiger partial charge in [0, 0.05) is 22.8 Å². The van der Waals surface area contributed by atoms with Crippen molar-refractivity contribution >= 4 is 22.4 Å². The molecule has 0 saturated carbocycles. The SMILES string of the molecule is Cc1cccc2nc(-c3ccc4ncccc4c3)c(N)n12. The topological polar surface area (TPSA) is 56.2 Å². The Morgan fingerprint density at radius 2 is 1.95 bits per heavy atom. The minimum absolute atomic E-state index is 0.673. The van der Waals surface area contributed by atoms with E-state index >= 15 is 0 Å². The van der Waals surface area contributed by atoms with E-state index in [1.165, 1.54) is 0 Å². The van der Waals surface area contributed by atoms with Crippen molar-refractivity contribution in [3.05, 3.63) is 60.4 Å². The van der Waals surface area contributed by atoms with Gasteiger partial charge < -0.3 is 5.73 Å². The maximum atomic E-state index is 6.30. The second-order valence-corrected chi connectivity index (χ2v) is 5.12. The van der Waals surface area contributed by atoms with Crippen molar-refractivity contribution in [1.82, 2.24) is 14.4 Å². The molecule has 0 radical (unpaired) electrons. The largest absolute Gasteiger partial charge is 0.383 e. The summed E-state index contributed by atoms with van der Waals surface area (Å²) in [7, 11) is 0. The van der Waals surface area contributed by atoms with Crippen molar-refractivity contribution in [2.45, 2.75) is 6.92 Å². The van der Waals surface area contributed by atoms with E-state index in [0.717, 1.165) is 33.5 Å². The van der Waals surface area contributed by atoms with E-state index in [9.17, 15) is 0 Å². The number of imidazole rings is 1. The van der Waals surface area contributed by atoms with E-state index in [-0.39, 0.29) is 0 Å². The van der Waals surface area contributed by atoms with Gasteiger partial charge in [0.05, 0.1) is 5.52 Å². The van der Waals surface area contributed by atoms with Crippen LogP contribution < -0.4 is 5.73 Å². The van der Waals surface area contributed by atoms with Crippen LogP contribution >= 0.6 is 0 Å². The van der Waals surface area contributed by atoms with E-state index in [4.69, 9.17) is 5.73 Å². The number of aryl methyl sites for hydroxylation is 1. The van der Waals surface area contributed by atoms with Crippen LogP contribution in [0.2, 0.25) is 0 Å². The van der Waals surface area contributed by atoms with Gasteiger partial charge in [0.2, 0.25) is 0 Å². The lowest BCUT2D eigenvalue weighted by Gasteiger charge is -2.03. The molecular weight excluding hydrogens is 260 g/mol. The van der Waals surface area contributed by atoms with Crippen LogP contribution in [0, 0.1) is 6.92 Å². The van der Waals surface area contributed by atoms with Crippen LogP contribution in [0.15, 0.2) is 54.7 Å². The summed E-state index contributed by atoms with van der Waals surface area (Å²) < 4.78 is 1.97. The van der Waals surface area contributed by atoms with Gasteiger partial charge in [-0.1, -0.05) is 18.2 Å². The number of fused-ring (bicyclic) bond motifs is 2. The summed E-state index contributed by atoms with van der Waals surface area (Å²) in [6, 6.07) is 16.1. The molecule has 4 aromatic rings. The van der Waals surface area contributed by atoms with Gasteiger partial charge in [-0.3, -0.25) is 9.38 Å². The van der Waals surface area contributed by atoms with E-state index in [1.807, 2.05) is 53.8 Å². The molecule has 3 aromatic heterocycles. The van der Waals surface area contributed by atoms with Gasteiger partial charge in [-0.15, -0.1) is 0 Å². The van der Waals surface area contributed by atoms with E-state index < -0.39 is 0 Å². The lowest BCUT2D eigenvalue weighted by Crippen LogP contribution is -1.97. The minimum atomic E-state index is 0.673. The predicted molar refractivity (Wildman–Crippen MR) is 85.1 cm³/mol. The first-order valence-corrected chi connectivity index (χ1v) is 6.83. The van der Waals surface area contributed by atoms with Gasteiger partial charge in [0.15, 0.2) is 0 Å². The van der Waals surface area contributed by atoms with Gasteiger partial charge in [-0.05, 0) is 37.3 Å². The van der Waals surface area contributed by atoms with E-state index in [1.54, 1.807) is 6.20 Å². The number of rotatable bonds is 1. The van der Waals surface area contributed by atoms with Crippen LogP contribution in [0.25, 0.3) is 27.8 Å². The van der Waals surface area contributed by atoms with Crippen molar-refractivity contribution in [2.75, 3.05) is 5.73 Å². The zero-order valence-corrected chi connectivity index (χ0v) is 11.6. The van der Waals surface area contributed by atoms with Gasteiger partial charge in [-0.25, -0.2) is 4.98 Å². The molecule has 0 aliphatic rings. The molecule has 0 bridgehead atoms. The third kappa shape index (κ3) is 1.76. The quantitative estimate of drug-likeness (QED) is 0.578. The van der Waals surface area contributed by atoms with E-state index in [2.05, 4.69) is 16.0 Å². The summed E-state index contributed by atoms with van der Waals surface area (Å²) in [6.45, 7) is 2.03. The Hall–Kier alpha value is -2.88. The lowest BCUT2D eigenvalue weighted by atomic mass is 10.1. The second-order valence-electron chi connectivity index (χ2n) is 5.12. The maximum Gasteiger partial charge on any atom is 0.139 e. The molecule has 0 aliphatic carbocycles. The summed E-state index contributed by atoms with van der Waals surface area (Å²) in [5.74, 6) is 0.673. The zero-order valence-electron chi connectivity index (χ0n) is 11.6. The Labute approximate surface area is 121 Å². The van der Waals surface area contributed by atoms with Crippen molar-refractivity contribution in [3.63, 3.8) is 0 Å². The molecule has 4 rings (SSSR count). The molecule has 2 N–H and O–H groups in total. The maximum absolute atomic E-state index is 6.30. The van der Waals surface area contributed by atoms with Crippen LogP contribution in [0.3, 0.4) is 0 Å². The summed E-state index contributed by atoms with van der Waals surface area (Å²) in [5.41, 5.74) is 11.0. The Morgan fingerprint density at radius 1 is 1.05 bits per heavy atom. The van der Waals surface area contributed by atoms with Crippen LogP contribution in [0.1, 0.15) is 5.69 Å². The molecule has 0 saturated heterocycles. The average molecular weight is 274 g/mol. The summed E-state index contributed by atoms with van der Waals surface area (Å²) in [4.78, 5) is 9.01. The number of pyridine rings is 2. The first-order valence-electron chi connectivity index (χ1n) is 6.83. The van der Waals surface area contributed by atoms with Crippen molar-refractivity contribution in [2.24, 2.45) is 0 Å². The Morgan fingerprint density at radius 3 is 2.81 bits per heavy atom. The van der Waals surface area contributed by atoms with Crippen molar-refractivity contribution in [1.29, 1.82) is 0 Å². The highest BCUT2D eigenvalue weighted by Crippen LogP contribution is 2.29. The standard InChI is InChI=1S/C17H14N4/c1-11-4-2-6-15-20-16(17(18)21(11)15)13-7-8-14-12(10-13)5-3-9-19-14/h2-10H,18H2,1H3. The molecule has 0 amide bonds. The first-order chi connectivity index (χ1) is 10.2. The van der Waals surface area contributed by atoms with Gasteiger partial charge in [-0.2, -0.15) is 0 Å². The fourth-order valence-electron chi connectivity index (χ4n) is 2.72. The molecule has 4 heteroatoms. The molecule has 0 fully saturated rings. The lowest BCUT2D eigenvalue weighted by molar-refractivity contribution is 1.10. The van der Waals surface area contributed by atoms with E-state index in [0.29, 0.717) is 5.82 Å². The molecule has 102 valence electrons. The molecular formula is C17H14N4. The number of nitrogen functional groups attached to an aromatic ring is 1. The van der Waals surface area contributed by atoms with Crippen molar-refractivity contribution in [3.8, 4) is 11.3 Å². The molecule has 4 nitrogen and oxygen atoms in total. The number of benzene rings is 1. The van der Waals surface area contributed by atoms with Crippen LogP contribution in [0.5, 0.6) is 0 Å². The van der Waals surface area contributed by atoms with Gasteiger partial charge in [0.25, 0.3) is 0 Å². The van der Waals surface area contributed by atoms with Crippen molar-refractivity contribution < 1.29 is 0 Å². The Balaban J connectivity index is 2.00. The second kappa shape index (κ2) is 4.31. The van der Waals surface area contributed by atoms with Crippen LogP contribution in [0.4, 0.5) is 5.82 Å². The fraction of sp³-hybridized carbons (Fsp3) is 0.0588. The smallest absolute Gasteiger partial charge is 0.139 e.